The van der Waals surface area contributed by atoms with E-state index in [0.717, 1.165) is 5.56 Å². The average molecular weight is 223 g/mol. The van der Waals surface area contributed by atoms with Crippen molar-refractivity contribution in [3.8, 4) is 0 Å². The number of benzene rings is 1. The van der Waals surface area contributed by atoms with Gasteiger partial charge in [-0.2, -0.15) is 0 Å². The molecule has 15 heavy (non-hydrogen) atoms. The lowest BCUT2D eigenvalue weighted by atomic mass is 10.2. The van der Waals surface area contributed by atoms with Crippen LogP contribution >= 0.6 is 12.6 Å². The number of anilines is 1. The maximum atomic E-state index is 11.3. The Morgan fingerprint density at radius 2 is 2.07 bits per heavy atom. The van der Waals surface area contributed by atoms with Gasteiger partial charge in [-0.05, 0) is 31.5 Å². The number of hydrogen-bond acceptors (Lipinski definition) is 3. The first kappa shape index (κ1) is 11.8. The zero-order valence-corrected chi connectivity index (χ0v) is 9.60. The van der Waals surface area contributed by atoms with Crippen molar-refractivity contribution in [3.05, 3.63) is 23.8 Å². The highest BCUT2D eigenvalue weighted by atomic mass is 32.1. The number of ketones is 1. The fourth-order valence-electron chi connectivity index (χ4n) is 1.17. The van der Waals surface area contributed by atoms with Gasteiger partial charge in [0.15, 0.2) is 0 Å². The standard InChI is InChI=1S/C11H13NO2S/c1-7-3-4-9(10(15)5-7)12-11(14)6-8(2)13/h3-5,15H,6H2,1-2H3,(H,12,14). The molecule has 0 aliphatic carbocycles. The molecule has 1 aromatic carbocycles. The molecule has 80 valence electrons. The third-order valence-electron chi connectivity index (χ3n) is 1.84. The number of carbonyl (C=O) groups excluding carboxylic acids is 2. The summed E-state index contributed by atoms with van der Waals surface area (Å²) < 4.78 is 0. The van der Waals surface area contributed by atoms with Gasteiger partial charge < -0.3 is 5.32 Å². The van der Waals surface area contributed by atoms with Gasteiger partial charge in [0, 0.05) is 4.90 Å². The molecule has 1 aromatic rings. The molecule has 1 N–H and O–H groups in total. The van der Waals surface area contributed by atoms with Crippen molar-refractivity contribution in [1.82, 2.24) is 0 Å². The smallest absolute Gasteiger partial charge is 0.231 e. The summed E-state index contributed by atoms with van der Waals surface area (Å²) in [6, 6.07) is 5.51. The summed E-state index contributed by atoms with van der Waals surface area (Å²) in [4.78, 5) is 22.7. The van der Waals surface area contributed by atoms with Crippen molar-refractivity contribution in [2.45, 2.75) is 25.2 Å². The first-order chi connectivity index (χ1) is 6.99. The molecule has 3 nitrogen and oxygen atoms in total. The molecule has 0 radical (unpaired) electrons. The van der Waals surface area contributed by atoms with Gasteiger partial charge in [-0.25, -0.2) is 0 Å². The number of aryl methyl sites for hydroxylation is 1. The molecular weight excluding hydrogens is 210 g/mol. The van der Waals surface area contributed by atoms with Crippen LogP contribution in [0.5, 0.6) is 0 Å². The third kappa shape index (κ3) is 3.75. The van der Waals surface area contributed by atoms with Gasteiger partial charge in [-0.15, -0.1) is 12.6 Å². The van der Waals surface area contributed by atoms with Crippen LogP contribution in [-0.2, 0) is 9.59 Å². The Morgan fingerprint density at radius 3 is 2.60 bits per heavy atom. The number of hydrogen-bond donors (Lipinski definition) is 2. The van der Waals surface area contributed by atoms with E-state index in [-0.39, 0.29) is 18.1 Å². The molecule has 0 fully saturated rings. The number of carbonyl (C=O) groups is 2. The summed E-state index contributed by atoms with van der Waals surface area (Å²) >= 11 is 4.23. The van der Waals surface area contributed by atoms with E-state index in [1.54, 1.807) is 6.07 Å². The number of Topliss-reactive ketones (excluding diaryl/α,β-unsaturated/α-hetero) is 1. The fourth-order valence-corrected chi connectivity index (χ4v) is 1.50. The van der Waals surface area contributed by atoms with Crippen LogP contribution < -0.4 is 5.32 Å². The normalized spacial score (nSPS) is 9.80. The van der Waals surface area contributed by atoms with E-state index in [9.17, 15) is 9.59 Å². The SMILES string of the molecule is CC(=O)CC(=O)Nc1ccc(C)cc1S. The van der Waals surface area contributed by atoms with E-state index in [1.807, 2.05) is 19.1 Å². The summed E-state index contributed by atoms with van der Waals surface area (Å²) in [6.07, 6.45) is -0.0961. The zero-order chi connectivity index (χ0) is 11.4. The van der Waals surface area contributed by atoms with E-state index in [4.69, 9.17) is 0 Å². The maximum Gasteiger partial charge on any atom is 0.231 e. The topological polar surface area (TPSA) is 46.2 Å². The van der Waals surface area contributed by atoms with Gasteiger partial charge in [0.2, 0.25) is 5.91 Å². The van der Waals surface area contributed by atoms with Crippen molar-refractivity contribution in [1.29, 1.82) is 0 Å². The highest BCUT2D eigenvalue weighted by Crippen LogP contribution is 2.20. The molecular formula is C11H13NO2S. The molecule has 0 heterocycles. The van der Waals surface area contributed by atoms with Crippen molar-refractivity contribution in [3.63, 3.8) is 0 Å². The Bertz CT molecular complexity index is 402. The van der Waals surface area contributed by atoms with E-state index in [1.165, 1.54) is 6.92 Å². The van der Waals surface area contributed by atoms with Gasteiger partial charge in [0.25, 0.3) is 0 Å². The van der Waals surface area contributed by atoms with Crippen LogP contribution in [0.4, 0.5) is 5.69 Å². The highest BCUT2D eigenvalue weighted by Gasteiger charge is 2.07. The van der Waals surface area contributed by atoms with E-state index in [0.29, 0.717) is 10.6 Å². The third-order valence-corrected chi connectivity index (χ3v) is 2.21. The average Bonchev–Trinajstić information content (AvgIpc) is 2.08. The van der Waals surface area contributed by atoms with E-state index < -0.39 is 0 Å². The molecule has 0 spiro atoms. The van der Waals surface area contributed by atoms with Gasteiger partial charge in [0.05, 0.1) is 12.1 Å². The lowest BCUT2D eigenvalue weighted by Gasteiger charge is -2.07. The molecule has 4 heteroatoms. The molecule has 0 aliphatic rings. The van der Waals surface area contributed by atoms with Crippen LogP contribution in [0.25, 0.3) is 0 Å². The Morgan fingerprint density at radius 1 is 1.40 bits per heavy atom. The molecule has 0 aliphatic heterocycles. The van der Waals surface area contributed by atoms with Crippen LogP contribution in [0, 0.1) is 6.92 Å². The molecule has 0 aromatic heterocycles. The predicted octanol–water partition coefficient (Wildman–Crippen LogP) is 2.20. The van der Waals surface area contributed by atoms with Crippen molar-refractivity contribution >= 4 is 30.0 Å². The van der Waals surface area contributed by atoms with E-state index in [2.05, 4.69) is 17.9 Å². The van der Waals surface area contributed by atoms with Crippen molar-refractivity contribution in [2.24, 2.45) is 0 Å². The predicted molar refractivity (Wildman–Crippen MR) is 62.4 cm³/mol. The lowest BCUT2D eigenvalue weighted by Crippen LogP contribution is -2.15. The number of nitrogens with one attached hydrogen (secondary N) is 1. The summed E-state index contributed by atoms with van der Waals surface area (Å²) in [5, 5.41) is 2.63. The molecule has 0 unspecified atom stereocenters. The molecule has 1 amide bonds. The second-order valence-corrected chi connectivity index (χ2v) is 3.93. The second-order valence-electron chi connectivity index (χ2n) is 3.45. The molecule has 1 rings (SSSR count). The maximum absolute atomic E-state index is 11.3. The van der Waals surface area contributed by atoms with Crippen LogP contribution in [0.3, 0.4) is 0 Å². The van der Waals surface area contributed by atoms with Gasteiger partial charge in [-0.3, -0.25) is 9.59 Å². The number of rotatable bonds is 3. The molecule has 0 bridgehead atoms. The Labute approximate surface area is 94.3 Å². The Kier molecular flexibility index (Phi) is 3.91. The van der Waals surface area contributed by atoms with Crippen LogP contribution in [-0.4, -0.2) is 11.7 Å². The minimum Gasteiger partial charge on any atom is -0.325 e. The Hall–Kier alpha value is -1.29. The minimum atomic E-state index is -0.304. The summed E-state index contributed by atoms with van der Waals surface area (Å²) in [7, 11) is 0. The minimum absolute atomic E-state index is 0.0961. The summed E-state index contributed by atoms with van der Waals surface area (Å²) in [5.74, 6) is -0.457. The first-order valence-corrected chi connectivity index (χ1v) is 5.02. The lowest BCUT2D eigenvalue weighted by molar-refractivity contribution is -0.124. The number of amides is 1. The largest absolute Gasteiger partial charge is 0.325 e. The van der Waals surface area contributed by atoms with Gasteiger partial charge in [-0.1, -0.05) is 6.07 Å². The number of thiol groups is 1. The fraction of sp³-hybridized carbons (Fsp3) is 0.273. The summed E-state index contributed by atoms with van der Waals surface area (Å²) in [6.45, 7) is 3.33. The highest BCUT2D eigenvalue weighted by molar-refractivity contribution is 7.80. The molecule has 0 saturated carbocycles. The van der Waals surface area contributed by atoms with Crippen molar-refractivity contribution in [2.75, 3.05) is 5.32 Å². The van der Waals surface area contributed by atoms with Gasteiger partial charge >= 0.3 is 0 Å². The van der Waals surface area contributed by atoms with Crippen LogP contribution in [0.1, 0.15) is 18.9 Å². The van der Waals surface area contributed by atoms with Crippen LogP contribution in [0.15, 0.2) is 23.1 Å². The molecule has 0 saturated heterocycles. The Balaban J connectivity index is 2.72. The first-order valence-electron chi connectivity index (χ1n) is 4.58. The zero-order valence-electron chi connectivity index (χ0n) is 8.70. The quantitative estimate of drug-likeness (QED) is 0.609. The second kappa shape index (κ2) is 4.98. The molecule has 0 atom stereocenters. The summed E-state index contributed by atoms with van der Waals surface area (Å²) in [5.41, 5.74) is 1.71. The van der Waals surface area contributed by atoms with Crippen molar-refractivity contribution < 1.29 is 9.59 Å². The van der Waals surface area contributed by atoms with E-state index >= 15 is 0 Å². The monoisotopic (exact) mass is 223 g/mol. The van der Waals surface area contributed by atoms with Crippen LogP contribution in [0.2, 0.25) is 0 Å². The van der Waals surface area contributed by atoms with Gasteiger partial charge in [0.1, 0.15) is 5.78 Å².